The summed E-state index contributed by atoms with van der Waals surface area (Å²) in [6, 6.07) is 19.4. The van der Waals surface area contributed by atoms with Crippen molar-refractivity contribution in [2.45, 2.75) is 6.42 Å². The molecule has 6 rings (SSSR count). The predicted molar refractivity (Wildman–Crippen MR) is 119 cm³/mol. The molecule has 2 N–H and O–H groups in total. The zero-order chi connectivity index (χ0) is 20.8. The van der Waals surface area contributed by atoms with Gasteiger partial charge in [-0.05, 0) is 36.4 Å². The van der Waals surface area contributed by atoms with Crippen LogP contribution in [0.15, 0.2) is 73.1 Å². The summed E-state index contributed by atoms with van der Waals surface area (Å²) in [4.78, 5) is 30.5. The molecule has 0 aliphatic heterocycles. The van der Waals surface area contributed by atoms with Crippen LogP contribution >= 0.6 is 0 Å². The third kappa shape index (κ3) is 3.03. The minimum atomic E-state index is -0.149. The third-order valence-electron chi connectivity index (χ3n) is 5.38. The van der Waals surface area contributed by atoms with Crippen LogP contribution in [-0.4, -0.2) is 35.9 Å². The number of imidazole rings is 1. The number of benzene rings is 2. The number of hydrogen-bond donors (Lipinski definition) is 2. The maximum atomic E-state index is 12.9. The summed E-state index contributed by atoms with van der Waals surface area (Å²) in [5.41, 5.74) is 5.79. The SMILES string of the molecule is O=C(Cc1ccc2ccccc2n1)c1nc2cc3[nH][nH]c(-c4ccncc4)c3cc2n1. The predicted octanol–water partition coefficient (Wildman–Crippen LogP) is 4.47. The Labute approximate surface area is 176 Å². The number of nitrogens with one attached hydrogen (secondary N) is 2. The van der Waals surface area contributed by atoms with Crippen molar-refractivity contribution >= 4 is 38.6 Å². The lowest BCUT2D eigenvalue weighted by Crippen LogP contribution is -2.07. The maximum absolute atomic E-state index is 12.9. The van der Waals surface area contributed by atoms with Gasteiger partial charge in [-0.1, -0.05) is 24.3 Å². The van der Waals surface area contributed by atoms with Crippen LogP contribution in [-0.2, 0) is 6.42 Å². The van der Waals surface area contributed by atoms with Crippen molar-refractivity contribution in [1.29, 1.82) is 0 Å². The highest BCUT2D eigenvalue weighted by molar-refractivity contribution is 6.03. The maximum Gasteiger partial charge on any atom is 0.206 e. The molecule has 7 heteroatoms. The molecule has 4 aromatic heterocycles. The van der Waals surface area contributed by atoms with Gasteiger partial charge in [0.25, 0.3) is 0 Å². The van der Waals surface area contributed by atoms with Crippen LogP contribution < -0.4 is 0 Å². The number of rotatable bonds is 4. The smallest absolute Gasteiger partial charge is 0.206 e. The zero-order valence-electron chi connectivity index (χ0n) is 16.3. The number of H-pyrrole nitrogens is 2. The number of aromatic nitrogens is 6. The van der Waals surface area contributed by atoms with Crippen molar-refractivity contribution in [2.24, 2.45) is 0 Å². The molecule has 2 aromatic carbocycles. The first-order valence-corrected chi connectivity index (χ1v) is 9.91. The topological polar surface area (TPSA) is 100 Å². The first-order chi connectivity index (χ1) is 15.2. The molecule has 0 fully saturated rings. The molecular formula is C24H16N6O. The van der Waals surface area contributed by atoms with Crippen LogP contribution in [0.5, 0.6) is 0 Å². The van der Waals surface area contributed by atoms with Gasteiger partial charge in [0.05, 0.1) is 34.2 Å². The average Bonchev–Trinajstić information content (AvgIpc) is 3.41. The van der Waals surface area contributed by atoms with Gasteiger partial charge in [-0.3, -0.25) is 19.9 Å². The second-order valence-electron chi connectivity index (χ2n) is 7.39. The molecule has 6 aromatic rings. The van der Waals surface area contributed by atoms with Crippen LogP contribution in [0.4, 0.5) is 0 Å². The summed E-state index contributed by atoms with van der Waals surface area (Å²) in [5.74, 6) is 0.0654. The Morgan fingerprint density at radius 2 is 1.61 bits per heavy atom. The lowest BCUT2D eigenvalue weighted by atomic mass is 10.1. The van der Waals surface area contributed by atoms with Crippen molar-refractivity contribution in [3.05, 3.63) is 84.6 Å². The Morgan fingerprint density at radius 1 is 0.806 bits per heavy atom. The van der Waals surface area contributed by atoms with E-state index in [1.54, 1.807) is 12.4 Å². The largest absolute Gasteiger partial charge is 0.300 e. The normalized spacial score (nSPS) is 11.5. The number of fused-ring (bicyclic) bond motifs is 3. The summed E-state index contributed by atoms with van der Waals surface area (Å²) in [6.07, 6.45) is 3.66. The molecule has 0 atom stereocenters. The van der Waals surface area contributed by atoms with E-state index in [-0.39, 0.29) is 18.0 Å². The monoisotopic (exact) mass is 404 g/mol. The Morgan fingerprint density at radius 3 is 2.48 bits per heavy atom. The Hall–Kier alpha value is -4.39. The van der Waals surface area contributed by atoms with E-state index in [4.69, 9.17) is 0 Å². The van der Waals surface area contributed by atoms with Gasteiger partial charge in [0.2, 0.25) is 5.78 Å². The highest BCUT2D eigenvalue weighted by atomic mass is 16.1. The van der Waals surface area contributed by atoms with E-state index < -0.39 is 0 Å². The number of nitrogens with zero attached hydrogens (tertiary/aromatic N) is 4. The van der Waals surface area contributed by atoms with Crippen LogP contribution in [0, 0.1) is 0 Å². The van der Waals surface area contributed by atoms with Crippen molar-refractivity contribution in [3.63, 3.8) is 0 Å². The lowest BCUT2D eigenvalue weighted by Gasteiger charge is -2.01. The molecule has 0 aliphatic rings. The van der Waals surface area contributed by atoms with E-state index in [0.29, 0.717) is 16.7 Å². The van der Waals surface area contributed by atoms with Gasteiger partial charge in [0.1, 0.15) is 0 Å². The molecule has 0 aliphatic carbocycles. The van der Waals surface area contributed by atoms with Crippen molar-refractivity contribution < 1.29 is 4.79 Å². The molecule has 31 heavy (non-hydrogen) atoms. The molecule has 4 heterocycles. The van der Waals surface area contributed by atoms with Gasteiger partial charge < -0.3 is 5.10 Å². The highest BCUT2D eigenvalue weighted by Gasteiger charge is 2.17. The number of para-hydroxylation sites is 1. The fraction of sp³-hybridized carbons (Fsp3) is 0.0417. The van der Waals surface area contributed by atoms with E-state index in [9.17, 15) is 4.79 Å². The van der Waals surface area contributed by atoms with Crippen LogP contribution in [0.2, 0.25) is 0 Å². The fourth-order valence-corrected chi connectivity index (χ4v) is 3.84. The molecule has 0 saturated carbocycles. The molecule has 148 valence electrons. The van der Waals surface area contributed by atoms with E-state index in [1.165, 1.54) is 0 Å². The Balaban J connectivity index is 1.35. The summed E-state index contributed by atoms with van der Waals surface area (Å²) in [5, 5.41) is 8.39. The van der Waals surface area contributed by atoms with Crippen molar-refractivity contribution in [2.75, 3.05) is 0 Å². The number of carbonyl (C=O) groups is 1. The van der Waals surface area contributed by atoms with Gasteiger partial charge >= 0.3 is 0 Å². The second-order valence-corrected chi connectivity index (χ2v) is 7.39. The Kier molecular flexibility index (Phi) is 3.86. The van der Waals surface area contributed by atoms with Gasteiger partial charge in [-0.15, -0.1) is 0 Å². The standard InChI is InChI=1S/C24H16N6O/c31-22(11-16-6-5-14-3-1-2-4-18(14)26-16)24-27-20-12-17-19(13-21(20)28-24)29-30-23(17)15-7-9-25-10-8-15/h1-10,12-13,29-30H,11H2. The number of hydrogen-bond acceptors (Lipinski definition) is 5. The third-order valence-corrected chi connectivity index (χ3v) is 5.38. The first kappa shape index (κ1) is 17.5. The molecule has 0 spiro atoms. The second kappa shape index (κ2) is 6.84. The van der Waals surface area contributed by atoms with E-state index in [0.717, 1.165) is 33.1 Å². The summed E-state index contributed by atoms with van der Waals surface area (Å²) >= 11 is 0. The minimum Gasteiger partial charge on any atom is -0.300 e. The summed E-state index contributed by atoms with van der Waals surface area (Å²) < 4.78 is 0. The van der Waals surface area contributed by atoms with Crippen molar-refractivity contribution in [1.82, 2.24) is 30.1 Å². The lowest BCUT2D eigenvalue weighted by molar-refractivity contribution is 0.0983. The van der Waals surface area contributed by atoms with Crippen LogP contribution in [0.1, 0.15) is 16.3 Å². The number of pyridine rings is 2. The molecule has 0 amide bonds. The van der Waals surface area contributed by atoms with E-state index in [2.05, 4.69) is 30.1 Å². The quantitative estimate of drug-likeness (QED) is 0.422. The van der Waals surface area contributed by atoms with E-state index in [1.807, 2.05) is 60.7 Å². The van der Waals surface area contributed by atoms with Gasteiger partial charge in [0.15, 0.2) is 5.82 Å². The molecular weight excluding hydrogens is 388 g/mol. The number of Topliss-reactive ketones (excluding diaryl/α,β-unsaturated/α-hetero) is 1. The molecule has 0 bridgehead atoms. The summed E-state index contributed by atoms with van der Waals surface area (Å²) in [7, 11) is 0. The van der Waals surface area contributed by atoms with Gasteiger partial charge in [0, 0.05) is 34.4 Å². The van der Waals surface area contributed by atoms with E-state index >= 15 is 0 Å². The highest BCUT2D eigenvalue weighted by Crippen LogP contribution is 2.29. The van der Waals surface area contributed by atoms with Crippen LogP contribution in [0.25, 0.3) is 44.1 Å². The minimum absolute atomic E-state index is 0.149. The summed E-state index contributed by atoms with van der Waals surface area (Å²) in [6.45, 7) is 0. The number of aromatic amines is 2. The van der Waals surface area contributed by atoms with Crippen molar-refractivity contribution in [3.8, 4) is 11.3 Å². The van der Waals surface area contributed by atoms with Gasteiger partial charge in [-0.25, -0.2) is 9.97 Å². The number of ketones is 1. The fourth-order valence-electron chi connectivity index (χ4n) is 3.84. The molecule has 0 unspecified atom stereocenters. The average molecular weight is 404 g/mol. The Bertz CT molecular complexity index is 1580. The van der Waals surface area contributed by atoms with Crippen LogP contribution in [0.3, 0.4) is 0 Å². The number of carbonyl (C=O) groups excluding carboxylic acids is 1. The molecule has 0 saturated heterocycles. The zero-order valence-corrected chi connectivity index (χ0v) is 16.3. The van der Waals surface area contributed by atoms with Gasteiger partial charge in [-0.2, -0.15) is 0 Å². The molecule has 0 radical (unpaired) electrons. The molecule has 7 nitrogen and oxygen atoms in total. The first-order valence-electron chi connectivity index (χ1n) is 9.91.